The Morgan fingerprint density at radius 3 is 0.973 bits per heavy atom. The van der Waals surface area contributed by atoms with E-state index in [9.17, 15) is 19.8 Å². The molecule has 0 heterocycles. The molecule has 0 saturated heterocycles. The van der Waals surface area contributed by atoms with Crippen molar-refractivity contribution in [3.8, 4) is 0 Å². The predicted octanol–water partition coefficient (Wildman–Crippen LogP) is 8.44. The fraction of sp³-hybridized carbons (Fsp3) is 0.938. The van der Waals surface area contributed by atoms with Gasteiger partial charge in [0.1, 0.15) is 0 Å². The molecule has 4 nitrogen and oxygen atoms in total. The van der Waals surface area contributed by atoms with E-state index in [0.717, 1.165) is 25.7 Å². The fourth-order valence-corrected chi connectivity index (χ4v) is 6.45. The van der Waals surface area contributed by atoms with Crippen molar-refractivity contribution in [3.05, 3.63) is 0 Å². The molecule has 0 bridgehead atoms. The van der Waals surface area contributed by atoms with Crippen molar-refractivity contribution in [1.29, 1.82) is 0 Å². The summed E-state index contributed by atoms with van der Waals surface area (Å²) in [7, 11) is 0. The van der Waals surface area contributed by atoms with Crippen LogP contribution < -0.4 is 10.2 Å². The van der Waals surface area contributed by atoms with Gasteiger partial charge in [0, 0.05) is 11.9 Å². The third kappa shape index (κ3) is 52.9. The number of rotatable bonds is 26. The van der Waals surface area contributed by atoms with Gasteiger partial charge in [0.15, 0.2) is 0 Å². The summed E-state index contributed by atoms with van der Waals surface area (Å²) >= 11 is 0.161. The van der Waals surface area contributed by atoms with Gasteiger partial charge in [-0.3, -0.25) is 0 Å². The maximum absolute atomic E-state index is 10.1. The predicted molar refractivity (Wildman–Crippen MR) is 159 cm³/mol. The molecule has 0 atom stereocenters. The molecule has 0 aliphatic rings. The Bertz CT molecular complexity index is 391. The summed E-state index contributed by atoms with van der Waals surface area (Å²) in [6.07, 6.45) is 28.2. The molecule has 0 fully saturated rings. The van der Waals surface area contributed by atoms with Crippen LogP contribution in [0.4, 0.5) is 0 Å². The first-order chi connectivity index (χ1) is 18.0. The first-order valence-electron chi connectivity index (χ1n) is 16.1. The average Bonchev–Trinajstić information content (AvgIpc) is 2.87. The van der Waals surface area contributed by atoms with Gasteiger partial charge < -0.3 is 19.8 Å². The molecule has 0 unspecified atom stereocenters. The number of aliphatic carboxylic acids is 2. The van der Waals surface area contributed by atoms with Crippen molar-refractivity contribution >= 4 is 33.1 Å². The Morgan fingerprint density at radius 1 is 0.432 bits per heavy atom. The Hall–Kier alpha value is -0.261. The summed E-state index contributed by atoms with van der Waals surface area (Å²) in [6.45, 7) is 9.06. The third-order valence-corrected chi connectivity index (χ3v) is 9.87. The van der Waals surface area contributed by atoms with Crippen LogP contribution in [0.25, 0.3) is 0 Å². The van der Waals surface area contributed by atoms with E-state index in [2.05, 4.69) is 27.7 Å². The van der Waals surface area contributed by atoms with Crippen molar-refractivity contribution in [2.24, 2.45) is 0 Å². The number of carbonyl (C=O) groups excluding carboxylic acids is 2. The molecular formula is C32H64O4Sn. The van der Waals surface area contributed by atoms with E-state index < -0.39 is 11.9 Å². The zero-order valence-corrected chi connectivity index (χ0v) is 28.4. The molecule has 0 aliphatic carbocycles. The van der Waals surface area contributed by atoms with E-state index in [-0.39, 0.29) is 34.0 Å². The third-order valence-electron chi connectivity index (χ3n) is 6.43. The molecule has 0 aromatic heterocycles. The van der Waals surface area contributed by atoms with Gasteiger partial charge in [0.05, 0.1) is 0 Å². The van der Waals surface area contributed by atoms with E-state index in [1.165, 1.54) is 120 Å². The molecule has 0 aromatic carbocycles. The van der Waals surface area contributed by atoms with Gasteiger partial charge in [0.2, 0.25) is 0 Å². The van der Waals surface area contributed by atoms with Crippen molar-refractivity contribution in [1.82, 2.24) is 0 Å². The van der Waals surface area contributed by atoms with Crippen molar-refractivity contribution in [3.63, 3.8) is 0 Å². The van der Waals surface area contributed by atoms with Crippen LogP contribution >= 0.6 is 0 Å². The Kier molecular flexibility index (Phi) is 44.8. The maximum atomic E-state index is 10.1. The molecule has 37 heavy (non-hydrogen) atoms. The van der Waals surface area contributed by atoms with Crippen LogP contribution in [0, 0.1) is 0 Å². The molecule has 5 heteroatoms. The quantitative estimate of drug-likeness (QED) is 0.0709. The van der Waals surface area contributed by atoms with Gasteiger partial charge in [-0.05, 0) is 25.7 Å². The number of carbonyl (C=O) groups is 2. The molecule has 0 radical (unpaired) electrons. The molecule has 0 amide bonds. The zero-order valence-electron chi connectivity index (χ0n) is 25.5. The summed E-state index contributed by atoms with van der Waals surface area (Å²) in [4.78, 5) is 20.2. The van der Waals surface area contributed by atoms with Crippen LogP contribution in [-0.4, -0.2) is 33.1 Å². The molecule has 0 rings (SSSR count). The van der Waals surface area contributed by atoms with Gasteiger partial charge in [-0.2, -0.15) is 0 Å². The number of hydrogen-bond donors (Lipinski definition) is 0. The van der Waals surface area contributed by atoms with Crippen LogP contribution in [0.5, 0.6) is 0 Å². The second-order valence-corrected chi connectivity index (χ2v) is 15.2. The minimum absolute atomic E-state index is 0.161. The average molecular weight is 632 g/mol. The molecule has 0 N–H and O–H groups in total. The van der Waals surface area contributed by atoms with E-state index in [1.54, 1.807) is 4.44 Å². The molecule has 0 aromatic rings. The molecule has 220 valence electrons. The Labute approximate surface area is 242 Å². The Morgan fingerprint density at radius 2 is 0.703 bits per heavy atom. The topological polar surface area (TPSA) is 80.3 Å². The molecule has 0 aliphatic heterocycles. The number of carboxylic acid groups (broad SMARTS) is 2. The summed E-state index contributed by atoms with van der Waals surface area (Å²) < 4.78 is 3.16. The van der Waals surface area contributed by atoms with Crippen LogP contribution in [0.1, 0.15) is 182 Å². The van der Waals surface area contributed by atoms with Gasteiger partial charge in [-0.1, -0.05) is 117 Å². The SMILES string of the molecule is CCCCCCCCCCCC(=O)[O-].CCCCCCCCCCCC(=O)[O-].CCCCC[CH2][Sn+2][CH2]C. The van der Waals surface area contributed by atoms with E-state index in [4.69, 9.17) is 0 Å². The van der Waals surface area contributed by atoms with Gasteiger partial charge in [0.25, 0.3) is 0 Å². The van der Waals surface area contributed by atoms with Gasteiger partial charge in [-0.15, -0.1) is 0 Å². The molecule has 0 spiro atoms. The minimum atomic E-state index is -0.909. The van der Waals surface area contributed by atoms with E-state index in [0.29, 0.717) is 0 Å². The second-order valence-electron chi connectivity index (χ2n) is 10.3. The zero-order chi connectivity index (χ0) is 28.2. The normalized spacial score (nSPS) is 10.1. The van der Waals surface area contributed by atoms with Crippen LogP contribution in [-0.2, 0) is 9.59 Å². The van der Waals surface area contributed by atoms with Crippen molar-refractivity contribution in [2.75, 3.05) is 0 Å². The van der Waals surface area contributed by atoms with E-state index in [1.807, 2.05) is 0 Å². The van der Waals surface area contributed by atoms with Crippen LogP contribution in [0.2, 0.25) is 8.87 Å². The summed E-state index contributed by atoms with van der Waals surface area (Å²) in [5.41, 5.74) is 0. The fourth-order valence-electron chi connectivity index (χ4n) is 4.01. The second kappa shape index (κ2) is 40.2. The summed E-state index contributed by atoms with van der Waals surface area (Å²) in [5.74, 6) is -1.82. The number of hydrogen-bond acceptors (Lipinski definition) is 4. The molecular weight excluding hydrogens is 567 g/mol. The van der Waals surface area contributed by atoms with Crippen LogP contribution in [0.15, 0.2) is 0 Å². The standard InChI is InChI=1S/2C12H24O2.C6H13.C2H5.Sn/c2*1-2-3-4-5-6-7-8-9-10-11-12(13)14;1-3-5-6-4-2;1-2;/h2*2-11H2,1H3,(H,13,14);1,3-6H2,2H3;1H2,2H3;/q;;;;+2/p-2. The summed E-state index contributed by atoms with van der Waals surface area (Å²) in [5, 5.41) is 20.2. The Balaban J connectivity index is -0.000000481. The van der Waals surface area contributed by atoms with Crippen molar-refractivity contribution < 1.29 is 19.8 Å². The summed E-state index contributed by atoms with van der Waals surface area (Å²) in [6, 6.07) is 0. The van der Waals surface area contributed by atoms with Gasteiger partial charge in [-0.25, -0.2) is 0 Å². The first kappa shape index (κ1) is 41.2. The van der Waals surface area contributed by atoms with E-state index >= 15 is 0 Å². The van der Waals surface area contributed by atoms with Crippen LogP contribution in [0.3, 0.4) is 0 Å². The van der Waals surface area contributed by atoms with Gasteiger partial charge >= 0.3 is 69.5 Å². The monoisotopic (exact) mass is 632 g/mol. The number of unbranched alkanes of at least 4 members (excludes halogenated alkanes) is 19. The number of carboxylic acids is 2. The first-order valence-corrected chi connectivity index (χ1v) is 20.1. The van der Waals surface area contributed by atoms with Crippen molar-refractivity contribution in [2.45, 2.75) is 191 Å². The molecule has 0 saturated carbocycles.